The number of amides is 2. The van der Waals surface area contributed by atoms with Gasteiger partial charge in [-0.2, -0.15) is 5.26 Å². The number of rotatable bonds is 10. The molecule has 4 saturated carbocycles. The molecule has 4 bridgehead atoms. The van der Waals surface area contributed by atoms with Crippen molar-refractivity contribution in [2.45, 2.75) is 64.7 Å². The first-order chi connectivity index (χ1) is 21.7. The second-order valence-electron chi connectivity index (χ2n) is 13.1. The standard InChI is InChI=1S/C38H41N3O4/c1-4-44-35-18-26(17-30(22-39)37(43)41-33-7-5-6-24(2)25(33)3)8-13-34(35)45-23-36(42)40-32-11-9-31(10-12-32)38-19-27-14-28(20-38)16-29(15-27)21-38/h5-13,17-18,27-29H,4,14-16,19-21,23H2,1-3H3,(H,40,42)(H,41,43)/b30-17-. The summed E-state index contributed by atoms with van der Waals surface area (Å²) in [6.07, 6.45) is 9.71. The molecule has 0 aliphatic heterocycles. The minimum absolute atomic E-state index is 0.0411. The molecule has 0 unspecified atom stereocenters. The van der Waals surface area contributed by atoms with Crippen molar-refractivity contribution in [3.05, 3.63) is 88.5 Å². The number of nitrogens with zero attached hydrogens (tertiary/aromatic N) is 1. The Morgan fingerprint density at radius 1 is 0.911 bits per heavy atom. The molecular formula is C38H41N3O4. The summed E-state index contributed by atoms with van der Waals surface area (Å²) in [5.74, 6) is 2.74. The van der Waals surface area contributed by atoms with E-state index in [9.17, 15) is 14.9 Å². The summed E-state index contributed by atoms with van der Waals surface area (Å²) < 4.78 is 11.6. The molecule has 0 atom stereocenters. The van der Waals surface area contributed by atoms with Gasteiger partial charge in [0.15, 0.2) is 18.1 Å². The van der Waals surface area contributed by atoms with Crippen LogP contribution in [0.5, 0.6) is 11.5 Å². The van der Waals surface area contributed by atoms with Gasteiger partial charge in [0.2, 0.25) is 0 Å². The Morgan fingerprint density at radius 2 is 1.60 bits per heavy atom. The van der Waals surface area contributed by atoms with Crippen molar-refractivity contribution < 1.29 is 19.1 Å². The van der Waals surface area contributed by atoms with E-state index >= 15 is 0 Å². The van der Waals surface area contributed by atoms with Gasteiger partial charge in [-0.15, -0.1) is 0 Å². The topological polar surface area (TPSA) is 100 Å². The van der Waals surface area contributed by atoms with E-state index in [4.69, 9.17) is 9.47 Å². The Kier molecular flexibility index (Phi) is 8.67. The van der Waals surface area contributed by atoms with Crippen LogP contribution < -0.4 is 20.1 Å². The predicted octanol–water partition coefficient (Wildman–Crippen LogP) is 7.73. The lowest BCUT2D eigenvalue weighted by Crippen LogP contribution is -2.48. The lowest BCUT2D eigenvalue weighted by molar-refractivity contribution is -0.118. The van der Waals surface area contributed by atoms with E-state index in [-0.39, 0.29) is 18.1 Å². The van der Waals surface area contributed by atoms with Crippen LogP contribution in [0.25, 0.3) is 6.08 Å². The summed E-state index contributed by atoms with van der Waals surface area (Å²) in [5.41, 5.74) is 5.72. The van der Waals surface area contributed by atoms with Gasteiger partial charge in [0.05, 0.1) is 6.61 Å². The third-order valence-corrected chi connectivity index (χ3v) is 9.97. The third-order valence-electron chi connectivity index (χ3n) is 9.97. The van der Waals surface area contributed by atoms with Crippen LogP contribution in [-0.4, -0.2) is 25.0 Å². The van der Waals surface area contributed by atoms with Crippen molar-refractivity contribution in [1.82, 2.24) is 0 Å². The summed E-state index contributed by atoms with van der Waals surface area (Å²) in [4.78, 5) is 25.7. The van der Waals surface area contributed by atoms with Gasteiger partial charge < -0.3 is 20.1 Å². The van der Waals surface area contributed by atoms with E-state index in [1.165, 1.54) is 50.2 Å². The minimum atomic E-state index is -0.493. The van der Waals surface area contributed by atoms with E-state index in [0.717, 1.165) is 34.6 Å². The molecule has 4 fully saturated rings. The molecule has 0 radical (unpaired) electrons. The Hall–Kier alpha value is -4.57. The van der Waals surface area contributed by atoms with Crippen molar-refractivity contribution in [3.8, 4) is 17.6 Å². The second-order valence-corrected chi connectivity index (χ2v) is 13.1. The number of anilines is 2. The van der Waals surface area contributed by atoms with Crippen molar-refractivity contribution >= 4 is 29.3 Å². The van der Waals surface area contributed by atoms with Gasteiger partial charge in [-0.25, -0.2) is 0 Å². The maximum absolute atomic E-state index is 12.9. The van der Waals surface area contributed by atoms with E-state index in [0.29, 0.717) is 34.8 Å². The van der Waals surface area contributed by atoms with Crippen molar-refractivity contribution in [1.29, 1.82) is 5.26 Å². The van der Waals surface area contributed by atoms with Gasteiger partial charge in [0.1, 0.15) is 11.6 Å². The summed E-state index contributed by atoms with van der Waals surface area (Å²) >= 11 is 0. The number of benzene rings is 3. The van der Waals surface area contributed by atoms with Crippen LogP contribution in [0.2, 0.25) is 0 Å². The molecule has 3 aromatic carbocycles. The summed E-state index contributed by atoms with van der Waals surface area (Å²) in [6, 6.07) is 21.2. The molecule has 232 valence electrons. The van der Waals surface area contributed by atoms with Gasteiger partial charge in [-0.1, -0.05) is 30.3 Å². The summed E-state index contributed by atoms with van der Waals surface area (Å²) in [5, 5.41) is 15.5. The fraction of sp³-hybridized carbons (Fsp3) is 0.395. The maximum Gasteiger partial charge on any atom is 0.266 e. The minimum Gasteiger partial charge on any atom is -0.490 e. The van der Waals surface area contributed by atoms with Crippen molar-refractivity contribution in [2.75, 3.05) is 23.8 Å². The average Bonchev–Trinajstić information content (AvgIpc) is 3.01. The first kappa shape index (κ1) is 30.5. The van der Waals surface area contributed by atoms with E-state index in [2.05, 4.69) is 22.8 Å². The molecule has 2 amide bonds. The Balaban J connectivity index is 1.08. The molecule has 0 spiro atoms. The number of ether oxygens (including phenoxy) is 2. The van der Waals surface area contributed by atoms with Crippen molar-refractivity contribution in [2.24, 2.45) is 17.8 Å². The lowest BCUT2D eigenvalue weighted by atomic mass is 9.48. The van der Waals surface area contributed by atoms with Crippen LogP contribution in [0, 0.1) is 42.9 Å². The molecule has 0 aromatic heterocycles. The van der Waals surface area contributed by atoms with Crippen LogP contribution in [0.15, 0.2) is 66.2 Å². The highest BCUT2D eigenvalue weighted by atomic mass is 16.5. The number of nitrogens with one attached hydrogen (secondary N) is 2. The molecule has 4 aliphatic rings. The molecule has 0 heterocycles. The fourth-order valence-electron chi connectivity index (χ4n) is 8.11. The number of carbonyl (C=O) groups excluding carboxylic acids is 2. The number of hydrogen-bond donors (Lipinski definition) is 2. The third kappa shape index (κ3) is 6.61. The maximum atomic E-state index is 12.9. The molecule has 7 nitrogen and oxygen atoms in total. The Labute approximate surface area is 265 Å². The normalized spacial score (nSPS) is 23.2. The largest absolute Gasteiger partial charge is 0.490 e. The summed E-state index contributed by atoms with van der Waals surface area (Å²) in [7, 11) is 0. The highest BCUT2D eigenvalue weighted by molar-refractivity contribution is 6.10. The highest BCUT2D eigenvalue weighted by Gasteiger charge is 2.51. The van der Waals surface area contributed by atoms with Crippen LogP contribution in [0.4, 0.5) is 11.4 Å². The zero-order valence-corrected chi connectivity index (χ0v) is 26.3. The van der Waals surface area contributed by atoms with Crippen LogP contribution in [0.3, 0.4) is 0 Å². The molecule has 3 aromatic rings. The predicted molar refractivity (Wildman–Crippen MR) is 176 cm³/mol. The lowest BCUT2D eigenvalue weighted by Gasteiger charge is -2.57. The monoisotopic (exact) mass is 603 g/mol. The summed E-state index contributed by atoms with van der Waals surface area (Å²) in [6.45, 7) is 5.93. The smallest absolute Gasteiger partial charge is 0.266 e. The van der Waals surface area contributed by atoms with Gasteiger partial charge >= 0.3 is 0 Å². The average molecular weight is 604 g/mol. The molecule has 0 saturated heterocycles. The molecule has 7 rings (SSSR count). The zero-order chi connectivity index (χ0) is 31.6. The van der Waals surface area contributed by atoms with Gasteiger partial charge in [-0.3, -0.25) is 9.59 Å². The number of aryl methyl sites for hydroxylation is 1. The molecule has 45 heavy (non-hydrogen) atoms. The Bertz CT molecular complexity index is 1630. The number of nitriles is 1. The van der Waals surface area contributed by atoms with Gasteiger partial charge in [-0.05, 0) is 141 Å². The molecule has 4 aliphatic carbocycles. The fourth-order valence-corrected chi connectivity index (χ4v) is 8.11. The quantitative estimate of drug-likeness (QED) is 0.182. The van der Waals surface area contributed by atoms with Gasteiger partial charge in [0, 0.05) is 11.4 Å². The van der Waals surface area contributed by atoms with Crippen LogP contribution in [0.1, 0.15) is 67.7 Å². The number of carbonyl (C=O) groups is 2. The van der Waals surface area contributed by atoms with E-state index in [1.54, 1.807) is 18.2 Å². The molecular weight excluding hydrogens is 562 g/mol. The second kappa shape index (κ2) is 12.8. The van der Waals surface area contributed by atoms with E-state index < -0.39 is 5.91 Å². The first-order valence-electron chi connectivity index (χ1n) is 16.0. The molecule has 2 N–H and O–H groups in total. The van der Waals surface area contributed by atoms with Gasteiger partial charge in [0.25, 0.3) is 11.8 Å². The number of hydrogen-bond acceptors (Lipinski definition) is 5. The SMILES string of the molecule is CCOc1cc(/C=C(/C#N)C(=O)Nc2cccc(C)c2C)ccc1OCC(=O)Nc1ccc(C23CC4CC(CC(C4)C2)C3)cc1. The van der Waals surface area contributed by atoms with E-state index in [1.807, 2.05) is 57.2 Å². The van der Waals surface area contributed by atoms with Crippen LogP contribution in [-0.2, 0) is 15.0 Å². The Morgan fingerprint density at radius 3 is 2.24 bits per heavy atom. The highest BCUT2D eigenvalue weighted by Crippen LogP contribution is 2.60. The molecule has 7 heteroatoms. The van der Waals surface area contributed by atoms with Crippen LogP contribution >= 0.6 is 0 Å². The van der Waals surface area contributed by atoms with Crippen molar-refractivity contribution in [3.63, 3.8) is 0 Å². The zero-order valence-electron chi connectivity index (χ0n) is 26.3. The first-order valence-corrected chi connectivity index (χ1v) is 16.0.